The normalized spacial score (nSPS) is 15.9. The van der Waals surface area contributed by atoms with Crippen molar-refractivity contribution in [2.45, 2.75) is 38.2 Å². The van der Waals surface area contributed by atoms with E-state index in [4.69, 9.17) is 0 Å². The molecule has 0 spiro atoms. The van der Waals surface area contributed by atoms with Crippen LogP contribution < -0.4 is 0 Å². The maximum atomic E-state index is 11.7. The number of hydrogen-bond acceptors (Lipinski definition) is 4. The molecule has 4 nitrogen and oxygen atoms in total. The zero-order valence-electron chi connectivity index (χ0n) is 11.0. The summed E-state index contributed by atoms with van der Waals surface area (Å²) >= 11 is 0. The molecule has 1 aromatic carbocycles. The summed E-state index contributed by atoms with van der Waals surface area (Å²) < 4.78 is 4.67. The molecule has 1 N–H and O–H groups in total. The van der Waals surface area contributed by atoms with E-state index in [9.17, 15) is 14.7 Å². The molecule has 102 valence electrons. The zero-order valence-corrected chi connectivity index (χ0v) is 11.0. The second-order valence-corrected chi connectivity index (χ2v) is 4.97. The Hall–Kier alpha value is -1.68. The zero-order chi connectivity index (χ0) is 13.9. The molecule has 0 heterocycles. The van der Waals surface area contributed by atoms with Gasteiger partial charge in [0.2, 0.25) is 0 Å². The van der Waals surface area contributed by atoms with Crippen LogP contribution in [0.1, 0.15) is 42.1 Å². The van der Waals surface area contributed by atoms with Crippen molar-refractivity contribution in [2.24, 2.45) is 0 Å². The van der Waals surface area contributed by atoms with Crippen molar-refractivity contribution < 1.29 is 19.4 Å². The van der Waals surface area contributed by atoms with Crippen LogP contribution in [0.3, 0.4) is 0 Å². The van der Waals surface area contributed by atoms with Gasteiger partial charge in [-0.15, -0.1) is 0 Å². The molecule has 1 fully saturated rings. The number of aliphatic hydroxyl groups is 1. The molecule has 1 aliphatic rings. The molecule has 0 saturated heterocycles. The molecule has 0 unspecified atom stereocenters. The molecule has 0 radical (unpaired) electrons. The van der Waals surface area contributed by atoms with Gasteiger partial charge in [-0.1, -0.05) is 24.3 Å². The topological polar surface area (TPSA) is 63.6 Å². The first-order valence-corrected chi connectivity index (χ1v) is 6.57. The summed E-state index contributed by atoms with van der Waals surface area (Å²) in [5.74, 6) is -1.43. The molecule has 19 heavy (non-hydrogen) atoms. The smallest absolute Gasteiger partial charge is 0.379 e. The molecule has 0 bridgehead atoms. The summed E-state index contributed by atoms with van der Waals surface area (Å²) in [6.07, 6.45) is 3.29. The summed E-state index contributed by atoms with van der Waals surface area (Å²) in [6, 6.07) is 6.90. The van der Waals surface area contributed by atoms with Crippen LogP contribution in [0.2, 0.25) is 0 Å². The second-order valence-electron chi connectivity index (χ2n) is 4.97. The molecular weight excluding hydrogens is 244 g/mol. The van der Waals surface area contributed by atoms with Crippen LogP contribution in [0.5, 0.6) is 0 Å². The first-order valence-electron chi connectivity index (χ1n) is 6.57. The minimum absolute atomic E-state index is 0.196. The fourth-order valence-electron chi connectivity index (χ4n) is 1.91. The number of esters is 1. The summed E-state index contributed by atoms with van der Waals surface area (Å²) in [7, 11) is 0. The molecule has 4 heteroatoms. The molecule has 0 amide bonds. The highest BCUT2D eigenvalue weighted by atomic mass is 16.5. The Morgan fingerprint density at radius 1 is 1.26 bits per heavy atom. The Kier molecular flexibility index (Phi) is 4.00. The summed E-state index contributed by atoms with van der Waals surface area (Å²) in [5, 5.41) is 9.75. The van der Waals surface area contributed by atoms with E-state index in [1.165, 1.54) is 0 Å². The minimum Gasteiger partial charge on any atom is -0.460 e. The van der Waals surface area contributed by atoms with Crippen LogP contribution in [0, 0.1) is 0 Å². The van der Waals surface area contributed by atoms with Crippen molar-refractivity contribution in [3.8, 4) is 0 Å². The van der Waals surface area contributed by atoms with E-state index < -0.39 is 17.4 Å². The number of ketones is 1. The first-order chi connectivity index (χ1) is 9.04. The lowest BCUT2D eigenvalue weighted by Gasteiger charge is -2.07. The predicted octanol–water partition coefficient (Wildman–Crippen LogP) is 1.89. The number of ether oxygens (including phenoxy) is 1. The van der Waals surface area contributed by atoms with Crippen LogP contribution in [0.4, 0.5) is 0 Å². The highest BCUT2D eigenvalue weighted by molar-refractivity contribution is 6.40. The van der Waals surface area contributed by atoms with E-state index in [2.05, 4.69) is 4.74 Å². The lowest BCUT2D eigenvalue weighted by Crippen LogP contribution is -2.17. The molecule has 2 rings (SSSR count). The van der Waals surface area contributed by atoms with Gasteiger partial charge in [-0.25, -0.2) is 4.79 Å². The average Bonchev–Trinajstić information content (AvgIpc) is 3.15. The Morgan fingerprint density at radius 3 is 2.42 bits per heavy atom. The second kappa shape index (κ2) is 5.53. The number of carbonyl (C=O) groups is 2. The Bertz CT molecular complexity index is 471. The van der Waals surface area contributed by atoms with Gasteiger partial charge in [0.25, 0.3) is 5.78 Å². The Labute approximate surface area is 112 Å². The van der Waals surface area contributed by atoms with E-state index in [-0.39, 0.29) is 6.61 Å². The largest absolute Gasteiger partial charge is 0.460 e. The van der Waals surface area contributed by atoms with Crippen molar-refractivity contribution in [1.29, 1.82) is 0 Å². The van der Waals surface area contributed by atoms with E-state index >= 15 is 0 Å². The number of aryl methyl sites for hydroxylation is 1. The summed E-state index contributed by atoms with van der Waals surface area (Å²) in [4.78, 5) is 22.9. The monoisotopic (exact) mass is 262 g/mol. The molecule has 1 saturated carbocycles. The van der Waals surface area contributed by atoms with Gasteiger partial charge >= 0.3 is 5.97 Å². The number of hydrogen-bond donors (Lipinski definition) is 1. The first kappa shape index (κ1) is 13.7. The standard InChI is InChI=1S/C15H18O4/c1-2-19-14(17)13(16)12-5-3-11(4-6-12)7-8-15(18)9-10-15/h3-6,18H,2,7-10H2,1H3. The number of Topliss-reactive ketones (excluding diaryl/α,β-unsaturated/α-hetero) is 1. The quantitative estimate of drug-likeness (QED) is 0.483. The van der Waals surface area contributed by atoms with Crippen molar-refractivity contribution in [2.75, 3.05) is 6.61 Å². The van der Waals surface area contributed by atoms with Gasteiger partial charge in [-0.3, -0.25) is 4.79 Å². The van der Waals surface area contributed by atoms with Gasteiger partial charge in [0.1, 0.15) is 0 Å². The molecule has 0 atom stereocenters. The van der Waals surface area contributed by atoms with Crippen molar-refractivity contribution in [3.63, 3.8) is 0 Å². The number of carbonyl (C=O) groups excluding carboxylic acids is 2. The Balaban J connectivity index is 1.93. The van der Waals surface area contributed by atoms with E-state index in [1.807, 2.05) is 12.1 Å². The number of rotatable bonds is 6. The summed E-state index contributed by atoms with van der Waals surface area (Å²) in [6.45, 7) is 1.86. The minimum atomic E-state index is -0.817. The maximum absolute atomic E-state index is 11.7. The highest BCUT2D eigenvalue weighted by Crippen LogP contribution is 2.39. The van der Waals surface area contributed by atoms with Crippen molar-refractivity contribution in [3.05, 3.63) is 35.4 Å². The van der Waals surface area contributed by atoms with E-state index in [0.29, 0.717) is 5.56 Å². The number of benzene rings is 1. The maximum Gasteiger partial charge on any atom is 0.379 e. The molecular formula is C15H18O4. The fourth-order valence-corrected chi connectivity index (χ4v) is 1.91. The van der Waals surface area contributed by atoms with Crippen LogP contribution >= 0.6 is 0 Å². The third-order valence-corrected chi connectivity index (χ3v) is 3.38. The lowest BCUT2D eigenvalue weighted by atomic mass is 10.0. The Morgan fingerprint density at radius 2 is 1.89 bits per heavy atom. The highest BCUT2D eigenvalue weighted by Gasteiger charge is 2.39. The van der Waals surface area contributed by atoms with Gasteiger partial charge < -0.3 is 9.84 Å². The average molecular weight is 262 g/mol. The van der Waals surface area contributed by atoms with Gasteiger partial charge in [0.15, 0.2) is 0 Å². The van der Waals surface area contributed by atoms with Crippen molar-refractivity contribution >= 4 is 11.8 Å². The fraction of sp³-hybridized carbons (Fsp3) is 0.467. The summed E-state index contributed by atoms with van der Waals surface area (Å²) in [5.41, 5.74) is 0.937. The van der Waals surface area contributed by atoms with E-state index in [1.54, 1.807) is 19.1 Å². The van der Waals surface area contributed by atoms with Gasteiger partial charge in [0, 0.05) is 5.56 Å². The van der Waals surface area contributed by atoms with Gasteiger partial charge in [-0.05, 0) is 38.2 Å². The van der Waals surface area contributed by atoms with Crippen LogP contribution in [-0.2, 0) is 16.0 Å². The predicted molar refractivity (Wildman–Crippen MR) is 69.9 cm³/mol. The molecule has 0 aromatic heterocycles. The van der Waals surface area contributed by atoms with Crippen LogP contribution in [-0.4, -0.2) is 29.1 Å². The van der Waals surface area contributed by atoms with Gasteiger partial charge in [-0.2, -0.15) is 0 Å². The van der Waals surface area contributed by atoms with Crippen LogP contribution in [0.25, 0.3) is 0 Å². The molecule has 0 aliphatic heterocycles. The van der Waals surface area contributed by atoms with Crippen LogP contribution in [0.15, 0.2) is 24.3 Å². The molecule has 1 aliphatic carbocycles. The third-order valence-electron chi connectivity index (χ3n) is 3.38. The van der Waals surface area contributed by atoms with Crippen molar-refractivity contribution in [1.82, 2.24) is 0 Å². The van der Waals surface area contributed by atoms with Gasteiger partial charge in [0.05, 0.1) is 12.2 Å². The van der Waals surface area contributed by atoms with E-state index in [0.717, 1.165) is 31.2 Å². The third kappa shape index (κ3) is 3.64. The molecule has 1 aromatic rings. The SMILES string of the molecule is CCOC(=O)C(=O)c1ccc(CCC2(O)CC2)cc1. The lowest BCUT2D eigenvalue weighted by molar-refractivity contribution is -0.137.